The van der Waals surface area contributed by atoms with Crippen LogP contribution in [0, 0.1) is 0 Å². The molecule has 3 aromatic rings. The fourth-order valence-electron chi connectivity index (χ4n) is 5.30. The van der Waals surface area contributed by atoms with Crippen molar-refractivity contribution < 1.29 is 9.53 Å². The number of rotatable bonds is 6. The van der Waals surface area contributed by atoms with E-state index in [-0.39, 0.29) is 6.04 Å². The van der Waals surface area contributed by atoms with E-state index in [1.54, 1.807) is 7.11 Å². The molecule has 0 amide bonds. The lowest BCUT2D eigenvalue weighted by Gasteiger charge is -2.39. The minimum absolute atomic E-state index is 0.260. The van der Waals surface area contributed by atoms with E-state index >= 15 is 0 Å². The highest BCUT2D eigenvalue weighted by molar-refractivity contribution is 5.67. The average Bonchev–Trinajstić information content (AvgIpc) is 2.90. The number of carbonyl (C=O) groups excluding carboxylic acids is 1. The number of anilines is 1. The Labute approximate surface area is 202 Å². The lowest BCUT2D eigenvalue weighted by atomic mass is 9.93. The molecule has 2 aliphatic heterocycles. The van der Waals surface area contributed by atoms with Gasteiger partial charge in [0.1, 0.15) is 12.0 Å². The van der Waals surface area contributed by atoms with Crippen molar-refractivity contribution >= 4 is 12.0 Å². The van der Waals surface area contributed by atoms with E-state index in [4.69, 9.17) is 4.74 Å². The summed E-state index contributed by atoms with van der Waals surface area (Å²) in [4.78, 5) is 19.5. The molecule has 1 fully saturated rings. The van der Waals surface area contributed by atoms with Gasteiger partial charge in [-0.25, -0.2) is 0 Å². The molecule has 3 aromatic carbocycles. The van der Waals surface area contributed by atoms with E-state index in [0.717, 1.165) is 63.3 Å². The summed E-state index contributed by atoms with van der Waals surface area (Å²) in [6.45, 7) is 5.75. The lowest BCUT2D eigenvalue weighted by Crippen LogP contribution is -2.45. The van der Waals surface area contributed by atoms with Gasteiger partial charge in [0.15, 0.2) is 0 Å². The predicted octanol–water partition coefficient (Wildman–Crippen LogP) is 4.41. The van der Waals surface area contributed by atoms with Gasteiger partial charge >= 0.3 is 0 Å². The van der Waals surface area contributed by atoms with Crippen LogP contribution in [0.5, 0.6) is 5.75 Å². The predicted molar refractivity (Wildman–Crippen MR) is 138 cm³/mol. The molecule has 5 heteroatoms. The maximum atomic E-state index is 12.3. The van der Waals surface area contributed by atoms with Crippen LogP contribution in [0.4, 0.5) is 5.69 Å². The Bertz CT molecular complexity index is 1120. The number of benzene rings is 3. The Morgan fingerprint density at radius 3 is 2.21 bits per heavy atom. The first-order valence-electron chi connectivity index (χ1n) is 12.1. The molecule has 0 saturated carbocycles. The quantitative estimate of drug-likeness (QED) is 0.515. The molecule has 0 bridgehead atoms. The van der Waals surface area contributed by atoms with Crippen molar-refractivity contribution in [1.29, 1.82) is 0 Å². The number of likely N-dealkylation sites (N-methyl/N-ethyl adjacent to an activating group) is 1. The highest BCUT2D eigenvalue weighted by Crippen LogP contribution is 2.38. The summed E-state index contributed by atoms with van der Waals surface area (Å²) < 4.78 is 5.72. The van der Waals surface area contributed by atoms with E-state index in [2.05, 4.69) is 82.4 Å². The standard InChI is InChI=1S/C29H33N3O2/c1-30-16-18-31(19-17-30)27-12-13-29(34-2)25-14-15-32(20-26(25)27)28(21-33)24-10-8-23(9-11-24)22-6-4-3-5-7-22/h3-13,21,28H,14-20H2,1-2H3/t28-/m1/s1. The van der Waals surface area contributed by atoms with Crippen molar-refractivity contribution in [2.75, 3.05) is 51.8 Å². The van der Waals surface area contributed by atoms with Gasteiger partial charge in [0.2, 0.25) is 0 Å². The van der Waals surface area contributed by atoms with Gasteiger partial charge in [-0.1, -0.05) is 54.6 Å². The molecule has 0 N–H and O–H groups in total. The fraction of sp³-hybridized carbons (Fsp3) is 0.345. The summed E-state index contributed by atoms with van der Waals surface area (Å²) in [5, 5.41) is 0. The number of hydrogen-bond acceptors (Lipinski definition) is 5. The summed E-state index contributed by atoms with van der Waals surface area (Å²) in [7, 11) is 3.93. The Kier molecular flexibility index (Phi) is 6.66. The second kappa shape index (κ2) is 10.00. The van der Waals surface area contributed by atoms with Gasteiger partial charge < -0.3 is 19.3 Å². The largest absolute Gasteiger partial charge is 0.496 e. The molecule has 1 saturated heterocycles. The molecule has 176 valence electrons. The monoisotopic (exact) mass is 455 g/mol. The molecule has 2 aliphatic rings. The SMILES string of the molecule is COc1ccc(N2CCN(C)CC2)c2c1CCN([C@H](C=O)c1ccc(-c3ccccc3)cc1)C2. The minimum atomic E-state index is -0.260. The number of nitrogens with zero attached hydrogens (tertiary/aromatic N) is 3. The van der Waals surface area contributed by atoms with Gasteiger partial charge in [0, 0.05) is 50.5 Å². The van der Waals surface area contributed by atoms with E-state index in [0.29, 0.717) is 0 Å². The Morgan fingerprint density at radius 1 is 0.824 bits per heavy atom. The zero-order valence-electron chi connectivity index (χ0n) is 20.1. The van der Waals surface area contributed by atoms with Crippen molar-refractivity contribution in [1.82, 2.24) is 9.80 Å². The molecule has 1 atom stereocenters. The Hall–Kier alpha value is -3.15. The summed E-state index contributed by atoms with van der Waals surface area (Å²) in [5.74, 6) is 0.961. The number of aldehydes is 1. The fourth-order valence-corrected chi connectivity index (χ4v) is 5.30. The summed E-state index contributed by atoms with van der Waals surface area (Å²) in [6.07, 6.45) is 1.98. The smallest absolute Gasteiger partial charge is 0.141 e. The van der Waals surface area contributed by atoms with Crippen LogP contribution < -0.4 is 9.64 Å². The van der Waals surface area contributed by atoms with Crippen LogP contribution >= 0.6 is 0 Å². The van der Waals surface area contributed by atoms with Crippen LogP contribution in [-0.4, -0.2) is 63.0 Å². The van der Waals surface area contributed by atoms with Gasteiger partial charge in [-0.3, -0.25) is 4.90 Å². The van der Waals surface area contributed by atoms with Crippen molar-refractivity contribution in [3.8, 4) is 16.9 Å². The number of carbonyl (C=O) groups is 1. The third-order valence-electron chi connectivity index (χ3n) is 7.32. The van der Waals surface area contributed by atoms with Crippen molar-refractivity contribution in [3.63, 3.8) is 0 Å². The lowest BCUT2D eigenvalue weighted by molar-refractivity contribution is -0.113. The van der Waals surface area contributed by atoms with E-state index in [1.807, 2.05) is 6.07 Å². The van der Waals surface area contributed by atoms with E-state index in [9.17, 15) is 4.79 Å². The van der Waals surface area contributed by atoms with Crippen molar-refractivity contribution in [2.45, 2.75) is 19.0 Å². The maximum Gasteiger partial charge on any atom is 0.141 e. The molecule has 2 heterocycles. The summed E-state index contributed by atoms with van der Waals surface area (Å²) in [5.41, 5.74) is 7.29. The number of fused-ring (bicyclic) bond motifs is 1. The highest BCUT2D eigenvalue weighted by Gasteiger charge is 2.30. The van der Waals surface area contributed by atoms with Crippen LogP contribution in [0.2, 0.25) is 0 Å². The maximum absolute atomic E-state index is 12.3. The topological polar surface area (TPSA) is 36.0 Å². The number of methoxy groups -OCH3 is 1. The molecule has 0 spiro atoms. The molecule has 34 heavy (non-hydrogen) atoms. The van der Waals surface area contributed by atoms with Crippen LogP contribution in [0.25, 0.3) is 11.1 Å². The number of hydrogen-bond donors (Lipinski definition) is 0. The normalized spacial score (nSPS) is 17.8. The first-order valence-corrected chi connectivity index (χ1v) is 12.1. The second-order valence-corrected chi connectivity index (χ2v) is 9.32. The second-order valence-electron chi connectivity index (χ2n) is 9.32. The molecule has 5 nitrogen and oxygen atoms in total. The number of piperazine rings is 1. The van der Waals surface area contributed by atoms with Crippen LogP contribution in [0.15, 0.2) is 66.7 Å². The Morgan fingerprint density at radius 2 is 1.53 bits per heavy atom. The Balaban J connectivity index is 1.42. The zero-order valence-corrected chi connectivity index (χ0v) is 20.1. The first-order chi connectivity index (χ1) is 16.7. The summed E-state index contributed by atoms with van der Waals surface area (Å²) in [6, 6.07) is 22.9. The molecule has 0 radical (unpaired) electrons. The van der Waals surface area contributed by atoms with Gasteiger partial charge in [-0.2, -0.15) is 0 Å². The van der Waals surface area contributed by atoms with Gasteiger partial charge in [-0.05, 0) is 47.9 Å². The van der Waals surface area contributed by atoms with Crippen LogP contribution in [0.3, 0.4) is 0 Å². The zero-order chi connectivity index (χ0) is 23.5. The van der Waals surface area contributed by atoms with Crippen molar-refractivity contribution in [2.24, 2.45) is 0 Å². The molecular weight excluding hydrogens is 422 g/mol. The van der Waals surface area contributed by atoms with Crippen LogP contribution in [0.1, 0.15) is 22.7 Å². The molecule has 0 unspecified atom stereocenters. The van der Waals surface area contributed by atoms with Gasteiger partial charge in [0.25, 0.3) is 0 Å². The molecular formula is C29H33N3O2. The third kappa shape index (κ3) is 4.46. The first kappa shape index (κ1) is 22.6. The van der Waals surface area contributed by atoms with Gasteiger partial charge in [-0.15, -0.1) is 0 Å². The molecule has 5 rings (SSSR count). The number of ether oxygens (including phenoxy) is 1. The van der Waals surface area contributed by atoms with Gasteiger partial charge in [0.05, 0.1) is 13.2 Å². The average molecular weight is 456 g/mol. The third-order valence-corrected chi connectivity index (χ3v) is 7.32. The molecule has 0 aromatic heterocycles. The van der Waals surface area contributed by atoms with Crippen LogP contribution in [-0.2, 0) is 17.8 Å². The molecule has 0 aliphatic carbocycles. The van der Waals surface area contributed by atoms with E-state index in [1.165, 1.54) is 27.9 Å². The van der Waals surface area contributed by atoms with E-state index < -0.39 is 0 Å². The van der Waals surface area contributed by atoms with Crippen molar-refractivity contribution in [3.05, 3.63) is 83.4 Å². The highest BCUT2D eigenvalue weighted by atomic mass is 16.5. The summed E-state index contributed by atoms with van der Waals surface area (Å²) >= 11 is 0. The minimum Gasteiger partial charge on any atom is -0.496 e.